The van der Waals surface area contributed by atoms with Crippen molar-refractivity contribution in [1.82, 2.24) is 20.1 Å². The van der Waals surface area contributed by atoms with Gasteiger partial charge in [-0.2, -0.15) is 5.10 Å². The lowest BCUT2D eigenvalue weighted by atomic mass is 10.1. The van der Waals surface area contributed by atoms with E-state index in [2.05, 4.69) is 15.4 Å². The molecule has 0 radical (unpaired) electrons. The van der Waals surface area contributed by atoms with E-state index >= 15 is 0 Å². The predicted molar refractivity (Wildman–Crippen MR) is 91.0 cm³/mol. The van der Waals surface area contributed by atoms with Crippen LogP contribution in [0.4, 0.5) is 0 Å². The fraction of sp³-hybridized carbons (Fsp3) is 0.167. The lowest BCUT2D eigenvalue weighted by molar-refractivity contribution is -0.123. The monoisotopic (exact) mass is 338 g/mol. The summed E-state index contributed by atoms with van der Waals surface area (Å²) in [7, 11) is 0. The number of para-hydroxylation sites is 2. The van der Waals surface area contributed by atoms with Crippen LogP contribution in [0.25, 0.3) is 0 Å². The van der Waals surface area contributed by atoms with Crippen molar-refractivity contribution in [3.05, 3.63) is 72.3 Å². The van der Waals surface area contributed by atoms with Crippen LogP contribution >= 0.6 is 0 Å². The van der Waals surface area contributed by atoms with E-state index in [1.807, 2.05) is 24.3 Å². The summed E-state index contributed by atoms with van der Waals surface area (Å²) in [4.78, 5) is 15.7. The van der Waals surface area contributed by atoms with Gasteiger partial charge in [0.1, 0.15) is 12.7 Å². The zero-order valence-corrected chi connectivity index (χ0v) is 13.5. The van der Waals surface area contributed by atoms with Gasteiger partial charge < -0.3 is 15.2 Å². The van der Waals surface area contributed by atoms with Crippen molar-refractivity contribution in [2.75, 3.05) is 6.61 Å². The van der Waals surface area contributed by atoms with E-state index < -0.39 is 0 Å². The van der Waals surface area contributed by atoms with Crippen LogP contribution in [0.3, 0.4) is 0 Å². The largest absolute Gasteiger partial charge is 0.504 e. The third kappa shape index (κ3) is 4.81. The minimum atomic E-state index is -0.255. The molecule has 3 rings (SSSR count). The first-order valence-corrected chi connectivity index (χ1v) is 7.78. The van der Waals surface area contributed by atoms with Crippen molar-refractivity contribution in [2.45, 2.75) is 13.1 Å². The third-order valence-electron chi connectivity index (χ3n) is 3.55. The number of amides is 1. The zero-order chi connectivity index (χ0) is 17.5. The molecule has 2 aromatic carbocycles. The lowest BCUT2D eigenvalue weighted by Crippen LogP contribution is -2.28. The highest BCUT2D eigenvalue weighted by Gasteiger charge is 2.06. The van der Waals surface area contributed by atoms with Gasteiger partial charge in [-0.25, -0.2) is 9.67 Å². The number of phenols is 1. The summed E-state index contributed by atoms with van der Waals surface area (Å²) >= 11 is 0. The van der Waals surface area contributed by atoms with Crippen molar-refractivity contribution >= 4 is 5.91 Å². The number of hydrogen-bond donors (Lipinski definition) is 2. The summed E-state index contributed by atoms with van der Waals surface area (Å²) in [6.45, 7) is 0.912. The summed E-state index contributed by atoms with van der Waals surface area (Å²) in [6.07, 6.45) is 3.17. The van der Waals surface area contributed by atoms with Crippen LogP contribution in [0.5, 0.6) is 11.5 Å². The summed E-state index contributed by atoms with van der Waals surface area (Å²) in [5, 5.41) is 16.4. The number of ether oxygens (including phenoxy) is 1. The molecule has 0 fully saturated rings. The van der Waals surface area contributed by atoms with E-state index in [1.54, 1.807) is 29.2 Å². The van der Waals surface area contributed by atoms with Gasteiger partial charge in [-0.15, -0.1) is 0 Å². The Labute approximate surface area is 144 Å². The molecule has 1 aromatic heterocycles. The Morgan fingerprint density at radius 3 is 2.60 bits per heavy atom. The van der Waals surface area contributed by atoms with Crippen LogP contribution in [-0.4, -0.2) is 32.4 Å². The molecule has 0 unspecified atom stereocenters. The molecule has 0 aliphatic carbocycles. The number of carbonyl (C=O) groups is 1. The van der Waals surface area contributed by atoms with Crippen LogP contribution in [-0.2, 0) is 17.9 Å². The predicted octanol–water partition coefficient (Wildman–Crippen LogP) is 1.73. The average molecular weight is 338 g/mol. The molecular weight excluding hydrogens is 320 g/mol. The highest BCUT2D eigenvalue weighted by molar-refractivity contribution is 5.77. The zero-order valence-electron chi connectivity index (χ0n) is 13.5. The Balaban J connectivity index is 1.45. The number of carbonyl (C=O) groups excluding carboxylic acids is 1. The highest BCUT2D eigenvalue weighted by atomic mass is 16.5. The summed E-state index contributed by atoms with van der Waals surface area (Å²) in [5.41, 5.74) is 2.08. The fourth-order valence-corrected chi connectivity index (χ4v) is 2.24. The van der Waals surface area contributed by atoms with E-state index in [9.17, 15) is 9.90 Å². The number of aromatic hydroxyl groups is 1. The van der Waals surface area contributed by atoms with Crippen LogP contribution in [0.2, 0.25) is 0 Å². The SMILES string of the molecule is O=C(COc1ccccc1O)NCc1ccc(Cn2cncn2)cc1. The van der Waals surface area contributed by atoms with E-state index in [4.69, 9.17) is 4.74 Å². The number of nitrogens with one attached hydrogen (secondary N) is 1. The molecule has 0 saturated heterocycles. The van der Waals surface area contributed by atoms with Crippen LogP contribution in [0.1, 0.15) is 11.1 Å². The fourth-order valence-electron chi connectivity index (χ4n) is 2.24. The topological polar surface area (TPSA) is 89.3 Å². The molecule has 7 heteroatoms. The lowest BCUT2D eigenvalue weighted by Gasteiger charge is -2.09. The second-order valence-corrected chi connectivity index (χ2v) is 5.44. The van der Waals surface area contributed by atoms with E-state index in [0.717, 1.165) is 11.1 Å². The van der Waals surface area contributed by atoms with Crippen molar-refractivity contribution in [3.63, 3.8) is 0 Å². The molecule has 7 nitrogen and oxygen atoms in total. The molecule has 2 N–H and O–H groups in total. The Hall–Kier alpha value is -3.35. The number of nitrogens with zero attached hydrogens (tertiary/aromatic N) is 3. The third-order valence-corrected chi connectivity index (χ3v) is 3.55. The van der Waals surface area contributed by atoms with Gasteiger partial charge >= 0.3 is 0 Å². The first kappa shape index (κ1) is 16.5. The standard InChI is InChI=1S/C18H18N4O3/c23-16-3-1-2-4-17(16)25-11-18(24)20-9-14-5-7-15(8-6-14)10-22-13-19-12-21-22/h1-8,12-13,23H,9-11H2,(H,20,24). The molecule has 3 aromatic rings. The van der Waals surface area contributed by atoms with Crippen LogP contribution in [0.15, 0.2) is 61.2 Å². The number of aromatic nitrogens is 3. The highest BCUT2D eigenvalue weighted by Crippen LogP contribution is 2.23. The van der Waals surface area contributed by atoms with Crippen molar-refractivity contribution in [2.24, 2.45) is 0 Å². The minimum Gasteiger partial charge on any atom is -0.504 e. The first-order chi connectivity index (χ1) is 12.2. The van der Waals surface area contributed by atoms with Crippen molar-refractivity contribution in [3.8, 4) is 11.5 Å². The van der Waals surface area contributed by atoms with Crippen LogP contribution in [0, 0.1) is 0 Å². The second-order valence-electron chi connectivity index (χ2n) is 5.44. The Morgan fingerprint density at radius 2 is 1.88 bits per heavy atom. The van der Waals surface area contributed by atoms with E-state index in [0.29, 0.717) is 13.1 Å². The maximum Gasteiger partial charge on any atom is 0.258 e. The summed E-state index contributed by atoms with van der Waals surface area (Å²) in [5.74, 6) is 0.0447. The van der Waals surface area contributed by atoms with E-state index in [1.165, 1.54) is 12.4 Å². The van der Waals surface area contributed by atoms with Gasteiger partial charge in [-0.1, -0.05) is 36.4 Å². The molecule has 0 aliphatic rings. The Bertz CT molecular complexity index is 817. The van der Waals surface area contributed by atoms with Crippen molar-refractivity contribution < 1.29 is 14.6 Å². The number of benzene rings is 2. The van der Waals surface area contributed by atoms with Gasteiger partial charge in [0.2, 0.25) is 0 Å². The molecule has 1 amide bonds. The molecule has 0 atom stereocenters. The molecular formula is C18H18N4O3. The average Bonchev–Trinajstić information content (AvgIpc) is 3.13. The quantitative estimate of drug-likeness (QED) is 0.685. The van der Waals surface area contributed by atoms with Gasteiger partial charge in [-0.3, -0.25) is 4.79 Å². The molecule has 0 saturated carbocycles. The minimum absolute atomic E-state index is 0.0123. The van der Waals surface area contributed by atoms with E-state index in [-0.39, 0.29) is 24.0 Å². The maximum absolute atomic E-state index is 11.8. The van der Waals surface area contributed by atoms with Gasteiger partial charge in [0.05, 0.1) is 6.54 Å². The second kappa shape index (κ2) is 7.96. The van der Waals surface area contributed by atoms with Gasteiger partial charge in [0.15, 0.2) is 18.1 Å². The van der Waals surface area contributed by atoms with Gasteiger partial charge in [0.25, 0.3) is 5.91 Å². The Kier molecular flexibility index (Phi) is 5.26. The molecule has 128 valence electrons. The maximum atomic E-state index is 11.8. The Morgan fingerprint density at radius 1 is 1.12 bits per heavy atom. The number of hydrogen-bond acceptors (Lipinski definition) is 5. The molecule has 0 aliphatic heterocycles. The molecule has 0 spiro atoms. The number of rotatable bonds is 7. The number of phenolic OH excluding ortho intramolecular Hbond substituents is 1. The molecule has 25 heavy (non-hydrogen) atoms. The van der Waals surface area contributed by atoms with Crippen molar-refractivity contribution in [1.29, 1.82) is 0 Å². The van der Waals surface area contributed by atoms with Crippen LogP contribution < -0.4 is 10.1 Å². The molecule has 1 heterocycles. The smallest absolute Gasteiger partial charge is 0.258 e. The van der Waals surface area contributed by atoms with Gasteiger partial charge in [0, 0.05) is 6.54 Å². The van der Waals surface area contributed by atoms with Gasteiger partial charge in [-0.05, 0) is 23.3 Å². The summed E-state index contributed by atoms with van der Waals surface area (Å²) in [6, 6.07) is 14.4. The normalized spacial score (nSPS) is 10.4. The summed E-state index contributed by atoms with van der Waals surface area (Å²) < 4.78 is 7.03. The first-order valence-electron chi connectivity index (χ1n) is 7.78. The molecule has 0 bridgehead atoms.